The molecule has 2 aliphatic rings. The van der Waals surface area contributed by atoms with Gasteiger partial charge >= 0.3 is 0 Å². The summed E-state index contributed by atoms with van der Waals surface area (Å²) < 4.78 is 0. The number of fused-ring (bicyclic) bond motifs is 1. The highest BCUT2D eigenvalue weighted by Crippen LogP contribution is 2.30. The Morgan fingerprint density at radius 3 is 2.64 bits per heavy atom. The van der Waals surface area contributed by atoms with Gasteiger partial charge in [0.1, 0.15) is 5.69 Å². The predicted octanol–water partition coefficient (Wildman–Crippen LogP) is 3.71. The highest BCUT2D eigenvalue weighted by molar-refractivity contribution is 6.05. The fourth-order valence-electron chi connectivity index (χ4n) is 4.76. The number of hydrogen-bond acceptors (Lipinski definition) is 3. The largest absolute Gasteiger partial charge is 0.336 e. The summed E-state index contributed by atoms with van der Waals surface area (Å²) in [4.78, 5) is 22.3. The van der Waals surface area contributed by atoms with Crippen molar-refractivity contribution in [1.29, 1.82) is 0 Å². The van der Waals surface area contributed by atoms with Crippen molar-refractivity contribution in [1.82, 2.24) is 14.8 Å². The van der Waals surface area contributed by atoms with Crippen LogP contribution in [0.1, 0.15) is 50.0 Å². The smallest absolute Gasteiger partial charge is 0.273 e. The summed E-state index contributed by atoms with van der Waals surface area (Å²) in [5, 5.41) is 2.04. The predicted molar refractivity (Wildman–Crippen MR) is 101 cm³/mol. The summed E-state index contributed by atoms with van der Waals surface area (Å²) in [6.07, 6.45) is 6.58. The Morgan fingerprint density at radius 1 is 1.08 bits per heavy atom. The summed E-state index contributed by atoms with van der Waals surface area (Å²) in [5.74, 6) is 0.0843. The summed E-state index contributed by atoms with van der Waals surface area (Å²) in [6.45, 7) is 6.34. The first-order chi connectivity index (χ1) is 12.1. The van der Waals surface area contributed by atoms with Crippen LogP contribution in [-0.2, 0) is 0 Å². The van der Waals surface area contributed by atoms with Crippen molar-refractivity contribution in [2.24, 2.45) is 0 Å². The van der Waals surface area contributed by atoms with Gasteiger partial charge in [-0.3, -0.25) is 14.7 Å². The van der Waals surface area contributed by atoms with Gasteiger partial charge in [-0.1, -0.05) is 24.3 Å². The molecule has 3 atom stereocenters. The summed E-state index contributed by atoms with van der Waals surface area (Å²) in [7, 11) is 0. The van der Waals surface area contributed by atoms with E-state index in [4.69, 9.17) is 0 Å². The van der Waals surface area contributed by atoms with Gasteiger partial charge in [-0.15, -0.1) is 0 Å². The summed E-state index contributed by atoms with van der Waals surface area (Å²) in [5.41, 5.74) is 0.598. The van der Waals surface area contributed by atoms with Crippen LogP contribution in [0.2, 0.25) is 0 Å². The van der Waals surface area contributed by atoms with Crippen LogP contribution in [-0.4, -0.2) is 51.9 Å². The molecule has 1 aromatic heterocycles. The van der Waals surface area contributed by atoms with Crippen LogP contribution in [0.4, 0.5) is 0 Å². The molecule has 0 saturated carbocycles. The monoisotopic (exact) mass is 337 g/mol. The average Bonchev–Trinajstić information content (AvgIpc) is 2.99. The van der Waals surface area contributed by atoms with Crippen molar-refractivity contribution in [3.8, 4) is 0 Å². The van der Waals surface area contributed by atoms with E-state index in [1.165, 1.54) is 19.3 Å². The molecule has 132 valence electrons. The number of piperidine rings is 1. The maximum atomic E-state index is 13.2. The Hall–Kier alpha value is -1.94. The zero-order valence-corrected chi connectivity index (χ0v) is 15.2. The zero-order valence-electron chi connectivity index (χ0n) is 15.2. The second kappa shape index (κ2) is 6.75. The molecule has 3 heterocycles. The van der Waals surface area contributed by atoms with Crippen LogP contribution in [0.5, 0.6) is 0 Å². The van der Waals surface area contributed by atoms with Crippen molar-refractivity contribution in [3.63, 3.8) is 0 Å². The van der Waals surface area contributed by atoms with E-state index >= 15 is 0 Å². The van der Waals surface area contributed by atoms with E-state index in [0.717, 1.165) is 30.3 Å². The van der Waals surface area contributed by atoms with Crippen LogP contribution >= 0.6 is 0 Å². The van der Waals surface area contributed by atoms with E-state index in [2.05, 4.69) is 23.7 Å². The number of carbonyl (C=O) groups excluding carboxylic acids is 1. The minimum Gasteiger partial charge on any atom is -0.336 e. The molecule has 0 radical (unpaired) electrons. The summed E-state index contributed by atoms with van der Waals surface area (Å²) >= 11 is 0. The molecule has 2 aromatic rings. The summed E-state index contributed by atoms with van der Waals surface area (Å²) in [6, 6.07) is 11.7. The van der Waals surface area contributed by atoms with Crippen LogP contribution in [0, 0.1) is 0 Å². The number of aromatic nitrogens is 1. The van der Waals surface area contributed by atoms with Crippen LogP contribution in [0.3, 0.4) is 0 Å². The van der Waals surface area contributed by atoms with E-state index < -0.39 is 0 Å². The zero-order chi connectivity index (χ0) is 17.4. The van der Waals surface area contributed by atoms with Gasteiger partial charge < -0.3 is 4.90 Å². The highest BCUT2D eigenvalue weighted by atomic mass is 16.2. The molecule has 4 nitrogen and oxygen atoms in total. The lowest BCUT2D eigenvalue weighted by molar-refractivity contribution is 0.0484. The number of pyridine rings is 1. The van der Waals surface area contributed by atoms with Gasteiger partial charge in [0.25, 0.3) is 5.91 Å². The lowest BCUT2D eigenvalue weighted by atomic mass is 10.0. The van der Waals surface area contributed by atoms with Crippen LogP contribution in [0.25, 0.3) is 10.8 Å². The van der Waals surface area contributed by atoms with Crippen LogP contribution < -0.4 is 0 Å². The molecule has 2 fully saturated rings. The number of amides is 1. The molecular formula is C21H27N3O. The van der Waals surface area contributed by atoms with Crippen molar-refractivity contribution in [3.05, 3.63) is 42.2 Å². The maximum Gasteiger partial charge on any atom is 0.273 e. The van der Waals surface area contributed by atoms with Crippen molar-refractivity contribution < 1.29 is 4.79 Å². The molecule has 2 aliphatic heterocycles. The molecule has 1 aromatic carbocycles. The first-order valence-electron chi connectivity index (χ1n) is 9.55. The molecule has 25 heavy (non-hydrogen) atoms. The molecule has 4 heteroatoms. The van der Waals surface area contributed by atoms with E-state index in [9.17, 15) is 4.79 Å². The Bertz CT molecular complexity index is 759. The molecule has 2 saturated heterocycles. The SMILES string of the molecule is C[C@@H]1CC[C@@H](C)N1[C@@H]1CCCN(C(=O)c2nccc3ccccc23)C1. The lowest BCUT2D eigenvalue weighted by Gasteiger charge is -2.41. The third-order valence-electron chi connectivity index (χ3n) is 6.00. The fraction of sp³-hybridized carbons (Fsp3) is 0.524. The fourth-order valence-corrected chi connectivity index (χ4v) is 4.76. The minimum absolute atomic E-state index is 0.0843. The Balaban J connectivity index is 1.57. The Morgan fingerprint density at radius 2 is 1.84 bits per heavy atom. The third kappa shape index (κ3) is 3.04. The molecule has 0 N–H and O–H groups in total. The normalized spacial score (nSPS) is 27.8. The molecule has 0 bridgehead atoms. The second-order valence-corrected chi connectivity index (χ2v) is 7.65. The van der Waals surface area contributed by atoms with Gasteiger partial charge in [0, 0.05) is 42.8 Å². The van der Waals surface area contributed by atoms with Gasteiger partial charge in [0.05, 0.1) is 0 Å². The van der Waals surface area contributed by atoms with E-state index in [1.807, 2.05) is 35.2 Å². The Kier molecular flexibility index (Phi) is 4.46. The highest BCUT2D eigenvalue weighted by Gasteiger charge is 2.36. The van der Waals surface area contributed by atoms with Gasteiger partial charge in [0.2, 0.25) is 0 Å². The van der Waals surface area contributed by atoms with Gasteiger partial charge in [0.15, 0.2) is 0 Å². The number of nitrogens with zero attached hydrogens (tertiary/aromatic N) is 3. The maximum absolute atomic E-state index is 13.2. The van der Waals surface area contributed by atoms with Crippen LogP contribution in [0.15, 0.2) is 36.5 Å². The van der Waals surface area contributed by atoms with Gasteiger partial charge in [-0.05, 0) is 51.0 Å². The number of benzene rings is 1. The quantitative estimate of drug-likeness (QED) is 0.838. The number of hydrogen-bond donors (Lipinski definition) is 0. The van der Waals surface area contributed by atoms with Crippen molar-refractivity contribution >= 4 is 16.7 Å². The first kappa shape index (κ1) is 16.5. The molecular weight excluding hydrogens is 310 g/mol. The molecule has 0 unspecified atom stereocenters. The minimum atomic E-state index is 0.0843. The van der Waals surface area contributed by atoms with E-state index in [1.54, 1.807) is 6.20 Å². The van der Waals surface area contributed by atoms with Gasteiger partial charge in [-0.2, -0.15) is 0 Å². The average molecular weight is 337 g/mol. The molecule has 0 spiro atoms. The molecule has 0 aliphatic carbocycles. The first-order valence-corrected chi connectivity index (χ1v) is 9.55. The topological polar surface area (TPSA) is 36.4 Å². The van der Waals surface area contributed by atoms with Crippen molar-refractivity contribution in [2.75, 3.05) is 13.1 Å². The number of likely N-dealkylation sites (tertiary alicyclic amines) is 2. The third-order valence-corrected chi connectivity index (χ3v) is 6.00. The molecule has 1 amide bonds. The van der Waals surface area contributed by atoms with Gasteiger partial charge in [-0.25, -0.2) is 0 Å². The second-order valence-electron chi connectivity index (χ2n) is 7.65. The van der Waals surface area contributed by atoms with E-state index in [0.29, 0.717) is 23.8 Å². The lowest BCUT2D eigenvalue weighted by Crippen LogP contribution is -2.52. The Labute approximate surface area is 149 Å². The number of rotatable bonds is 2. The molecule has 4 rings (SSSR count). The standard InChI is InChI=1S/C21H27N3O/c1-15-9-10-16(2)24(15)18-7-5-13-23(14-18)21(25)20-19-8-4-3-6-17(19)11-12-22-20/h3-4,6,8,11-12,15-16,18H,5,7,9-10,13-14H2,1-2H3/t15-,16-,18-/m1/s1. The number of carbonyl (C=O) groups is 1. The van der Waals surface area contributed by atoms with E-state index in [-0.39, 0.29) is 5.91 Å². The van der Waals surface area contributed by atoms with Crippen molar-refractivity contribution in [2.45, 2.75) is 57.7 Å².